The molecule has 1 saturated heterocycles. The second-order valence-electron chi connectivity index (χ2n) is 6.87. The standard InChI is InChI=1S/C16H33N3O2/c1-13(2)17-16(4,15(20)21-6)8-7-9-19-11-10-18(5)12-14(19)3/h13-14,17H,7-12H2,1-6H3. The molecule has 2 atom stereocenters. The Labute approximate surface area is 130 Å². The number of piperazine rings is 1. The lowest BCUT2D eigenvalue weighted by Gasteiger charge is -2.39. The lowest BCUT2D eigenvalue weighted by atomic mass is 9.94. The Kier molecular flexibility index (Phi) is 7.10. The van der Waals surface area contributed by atoms with Crippen molar-refractivity contribution in [2.24, 2.45) is 0 Å². The molecule has 0 radical (unpaired) electrons. The molecule has 1 rings (SSSR count). The van der Waals surface area contributed by atoms with Crippen molar-refractivity contribution < 1.29 is 9.53 Å². The normalized spacial score (nSPS) is 24.0. The number of hydrogen-bond acceptors (Lipinski definition) is 5. The molecule has 1 heterocycles. The summed E-state index contributed by atoms with van der Waals surface area (Å²) in [7, 11) is 3.64. The van der Waals surface area contributed by atoms with Crippen molar-refractivity contribution in [3.63, 3.8) is 0 Å². The third kappa shape index (κ3) is 5.57. The van der Waals surface area contributed by atoms with Crippen LogP contribution in [0, 0.1) is 0 Å². The van der Waals surface area contributed by atoms with Gasteiger partial charge in [0.1, 0.15) is 5.54 Å². The van der Waals surface area contributed by atoms with Gasteiger partial charge in [0.25, 0.3) is 0 Å². The Bertz CT molecular complexity index is 335. The van der Waals surface area contributed by atoms with Gasteiger partial charge in [-0.2, -0.15) is 0 Å². The van der Waals surface area contributed by atoms with Crippen molar-refractivity contribution in [1.29, 1.82) is 0 Å². The van der Waals surface area contributed by atoms with Crippen molar-refractivity contribution in [3.8, 4) is 0 Å². The summed E-state index contributed by atoms with van der Waals surface area (Å²) < 4.78 is 4.97. The third-order valence-corrected chi connectivity index (χ3v) is 4.33. The van der Waals surface area contributed by atoms with Gasteiger partial charge in [-0.15, -0.1) is 0 Å². The van der Waals surface area contributed by atoms with E-state index in [1.165, 1.54) is 7.11 Å². The largest absolute Gasteiger partial charge is 0.468 e. The first kappa shape index (κ1) is 18.4. The third-order valence-electron chi connectivity index (χ3n) is 4.33. The average molecular weight is 299 g/mol. The van der Waals surface area contributed by atoms with Crippen LogP contribution < -0.4 is 5.32 Å². The van der Waals surface area contributed by atoms with Crippen LogP contribution in [0.15, 0.2) is 0 Å². The molecule has 1 N–H and O–H groups in total. The van der Waals surface area contributed by atoms with Gasteiger partial charge in [0.15, 0.2) is 0 Å². The summed E-state index contributed by atoms with van der Waals surface area (Å²) >= 11 is 0. The molecule has 0 saturated carbocycles. The Morgan fingerprint density at radius 1 is 1.43 bits per heavy atom. The van der Waals surface area contributed by atoms with Crippen LogP contribution >= 0.6 is 0 Å². The minimum Gasteiger partial charge on any atom is -0.468 e. The number of esters is 1. The van der Waals surface area contributed by atoms with Crippen LogP contribution in [0.3, 0.4) is 0 Å². The first-order chi connectivity index (χ1) is 9.78. The van der Waals surface area contributed by atoms with E-state index in [0.717, 1.165) is 39.0 Å². The summed E-state index contributed by atoms with van der Waals surface area (Å²) in [6.07, 6.45) is 1.80. The number of carbonyl (C=O) groups is 1. The number of likely N-dealkylation sites (N-methyl/N-ethyl adjacent to an activating group) is 1. The van der Waals surface area contributed by atoms with Crippen molar-refractivity contribution in [2.45, 2.75) is 58.2 Å². The van der Waals surface area contributed by atoms with Crippen LogP contribution in [0.2, 0.25) is 0 Å². The fraction of sp³-hybridized carbons (Fsp3) is 0.938. The summed E-state index contributed by atoms with van der Waals surface area (Å²) in [6, 6.07) is 0.850. The zero-order valence-electron chi connectivity index (χ0n) is 14.6. The monoisotopic (exact) mass is 299 g/mol. The van der Waals surface area contributed by atoms with Gasteiger partial charge in [-0.1, -0.05) is 0 Å². The fourth-order valence-corrected chi connectivity index (χ4v) is 3.24. The molecule has 1 aliphatic heterocycles. The molecule has 2 unspecified atom stereocenters. The number of nitrogens with zero attached hydrogens (tertiary/aromatic N) is 2. The maximum atomic E-state index is 12.1. The molecule has 0 aromatic rings. The number of nitrogens with one attached hydrogen (secondary N) is 1. The van der Waals surface area contributed by atoms with E-state index in [-0.39, 0.29) is 12.0 Å². The molecule has 0 aromatic carbocycles. The van der Waals surface area contributed by atoms with Gasteiger partial charge in [0, 0.05) is 31.7 Å². The van der Waals surface area contributed by atoms with Crippen LogP contribution in [0.5, 0.6) is 0 Å². The van der Waals surface area contributed by atoms with Crippen LogP contribution in [0.4, 0.5) is 0 Å². The van der Waals surface area contributed by atoms with E-state index >= 15 is 0 Å². The minimum absolute atomic E-state index is 0.164. The van der Waals surface area contributed by atoms with Crippen molar-refractivity contribution >= 4 is 5.97 Å². The SMILES string of the molecule is COC(=O)C(C)(CCCN1CCN(C)CC1C)NC(C)C. The topological polar surface area (TPSA) is 44.8 Å². The molecule has 1 fully saturated rings. The molecule has 0 aliphatic carbocycles. The quantitative estimate of drug-likeness (QED) is 0.719. The fourth-order valence-electron chi connectivity index (χ4n) is 3.24. The predicted molar refractivity (Wildman–Crippen MR) is 86.5 cm³/mol. The first-order valence-electron chi connectivity index (χ1n) is 8.07. The number of methoxy groups -OCH3 is 1. The van der Waals surface area contributed by atoms with Crippen LogP contribution in [-0.4, -0.2) is 73.7 Å². The molecule has 1 aliphatic rings. The molecular formula is C16H33N3O2. The highest BCUT2D eigenvalue weighted by Crippen LogP contribution is 2.17. The van der Waals surface area contributed by atoms with E-state index in [0.29, 0.717) is 6.04 Å². The second kappa shape index (κ2) is 8.11. The maximum Gasteiger partial charge on any atom is 0.325 e. The van der Waals surface area contributed by atoms with Crippen molar-refractivity contribution in [2.75, 3.05) is 40.3 Å². The molecule has 0 bridgehead atoms. The second-order valence-corrected chi connectivity index (χ2v) is 6.87. The summed E-state index contributed by atoms with van der Waals surface area (Å²) in [6.45, 7) is 12.8. The molecule has 0 amide bonds. The number of ether oxygens (including phenoxy) is 1. The Hall–Kier alpha value is -0.650. The summed E-state index contributed by atoms with van der Waals surface area (Å²) in [5.41, 5.74) is -0.585. The zero-order chi connectivity index (χ0) is 16.0. The lowest BCUT2D eigenvalue weighted by Crippen LogP contribution is -2.54. The molecule has 5 heteroatoms. The Morgan fingerprint density at radius 3 is 2.62 bits per heavy atom. The first-order valence-corrected chi connectivity index (χ1v) is 8.07. The van der Waals surface area contributed by atoms with E-state index in [1.807, 2.05) is 6.92 Å². The Morgan fingerprint density at radius 2 is 2.10 bits per heavy atom. The minimum atomic E-state index is -0.585. The van der Waals surface area contributed by atoms with Crippen LogP contribution in [0.1, 0.15) is 40.5 Å². The van der Waals surface area contributed by atoms with E-state index in [2.05, 4.69) is 42.9 Å². The van der Waals surface area contributed by atoms with E-state index in [1.54, 1.807) is 0 Å². The molecule has 0 aromatic heterocycles. The summed E-state index contributed by atoms with van der Waals surface area (Å²) in [4.78, 5) is 16.9. The number of rotatable bonds is 7. The van der Waals surface area contributed by atoms with Crippen molar-refractivity contribution in [1.82, 2.24) is 15.1 Å². The summed E-state index contributed by atoms with van der Waals surface area (Å²) in [5.74, 6) is -0.164. The number of carbonyl (C=O) groups excluding carboxylic acids is 1. The van der Waals surface area contributed by atoms with Crippen molar-refractivity contribution in [3.05, 3.63) is 0 Å². The predicted octanol–water partition coefficient (Wildman–Crippen LogP) is 1.33. The highest BCUT2D eigenvalue weighted by Gasteiger charge is 2.34. The summed E-state index contributed by atoms with van der Waals surface area (Å²) in [5, 5.41) is 3.36. The van der Waals surface area contributed by atoms with Gasteiger partial charge in [-0.25, -0.2) is 0 Å². The number of hydrogen-bond donors (Lipinski definition) is 1. The molecule has 0 spiro atoms. The van der Waals surface area contributed by atoms with Gasteiger partial charge in [0.2, 0.25) is 0 Å². The van der Waals surface area contributed by atoms with Crippen LogP contribution in [0.25, 0.3) is 0 Å². The van der Waals surface area contributed by atoms with E-state index in [9.17, 15) is 4.79 Å². The van der Waals surface area contributed by atoms with E-state index < -0.39 is 5.54 Å². The van der Waals surface area contributed by atoms with Crippen LogP contribution in [-0.2, 0) is 9.53 Å². The van der Waals surface area contributed by atoms with Gasteiger partial charge in [0.05, 0.1) is 7.11 Å². The molecular weight excluding hydrogens is 266 g/mol. The Balaban J connectivity index is 2.48. The smallest absolute Gasteiger partial charge is 0.325 e. The molecule has 21 heavy (non-hydrogen) atoms. The highest BCUT2D eigenvalue weighted by molar-refractivity contribution is 5.80. The molecule has 124 valence electrons. The highest BCUT2D eigenvalue weighted by atomic mass is 16.5. The van der Waals surface area contributed by atoms with Gasteiger partial charge in [-0.3, -0.25) is 15.0 Å². The van der Waals surface area contributed by atoms with Gasteiger partial charge < -0.3 is 9.64 Å². The van der Waals surface area contributed by atoms with Gasteiger partial charge in [-0.05, 0) is 54.1 Å². The van der Waals surface area contributed by atoms with E-state index in [4.69, 9.17) is 4.74 Å². The van der Waals surface area contributed by atoms with Gasteiger partial charge >= 0.3 is 5.97 Å². The zero-order valence-corrected chi connectivity index (χ0v) is 14.6. The lowest BCUT2D eigenvalue weighted by molar-refractivity contribution is -0.148. The maximum absolute atomic E-state index is 12.1. The average Bonchev–Trinajstić information content (AvgIpc) is 2.39. The molecule has 5 nitrogen and oxygen atoms in total.